The lowest BCUT2D eigenvalue weighted by Gasteiger charge is -2.11. The van der Waals surface area contributed by atoms with Crippen molar-refractivity contribution in [3.8, 4) is 5.75 Å². The van der Waals surface area contributed by atoms with Crippen LogP contribution in [0.1, 0.15) is 15.9 Å². The summed E-state index contributed by atoms with van der Waals surface area (Å²) in [4.78, 5) is 13.7. The van der Waals surface area contributed by atoms with Crippen molar-refractivity contribution in [1.82, 2.24) is 0 Å². The maximum Gasteiger partial charge on any atom is 0.255 e. The molecule has 0 bridgehead atoms. The van der Waals surface area contributed by atoms with E-state index in [0.29, 0.717) is 5.56 Å². The minimum absolute atomic E-state index is 0.138. The number of hydrogen-bond donors (Lipinski definition) is 1. The molecule has 0 heterocycles. The maximum atomic E-state index is 12.6. The summed E-state index contributed by atoms with van der Waals surface area (Å²) in [5.41, 5.74) is 2.36. The fraction of sp³-hybridized carbons (Fsp3) is 0.0952. The third-order valence-corrected chi connectivity index (χ3v) is 5.37. The zero-order valence-corrected chi connectivity index (χ0v) is 16.6. The van der Waals surface area contributed by atoms with Crippen molar-refractivity contribution in [3.63, 3.8) is 0 Å². The van der Waals surface area contributed by atoms with Gasteiger partial charge in [-0.05, 0) is 54.6 Å². The van der Waals surface area contributed by atoms with E-state index < -0.39 is 0 Å². The number of methoxy groups -OCH3 is 1. The molecule has 0 aliphatic heterocycles. The molecule has 0 saturated carbocycles. The first-order chi connectivity index (χ1) is 12.7. The van der Waals surface area contributed by atoms with Gasteiger partial charge in [-0.1, -0.05) is 34.1 Å². The largest absolute Gasteiger partial charge is 0.496 e. The second kappa shape index (κ2) is 8.92. The van der Waals surface area contributed by atoms with Crippen LogP contribution in [-0.4, -0.2) is 13.0 Å². The Morgan fingerprint density at radius 2 is 1.77 bits per heavy atom. The highest BCUT2D eigenvalue weighted by atomic mass is 79.9. The Morgan fingerprint density at radius 1 is 1.04 bits per heavy atom. The van der Waals surface area contributed by atoms with E-state index in [9.17, 15) is 4.79 Å². The smallest absolute Gasteiger partial charge is 0.255 e. The predicted molar refractivity (Wildman–Crippen MR) is 111 cm³/mol. The summed E-state index contributed by atoms with van der Waals surface area (Å²) in [6, 6.07) is 23.2. The van der Waals surface area contributed by atoms with Gasteiger partial charge < -0.3 is 10.1 Å². The van der Waals surface area contributed by atoms with Gasteiger partial charge in [0.25, 0.3) is 5.91 Å². The Labute approximate surface area is 165 Å². The van der Waals surface area contributed by atoms with Crippen LogP contribution in [0.15, 0.2) is 82.2 Å². The molecule has 0 atom stereocenters. The van der Waals surface area contributed by atoms with Crippen molar-refractivity contribution in [1.29, 1.82) is 0 Å². The maximum absolute atomic E-state index is 12.6. The molecular formula is C21H18BrNO2S. The average Bonchev–Trinajstić information content (AvgIpc) is 2.68. The lowest BCUT2D eigenvalue weighted by molar-refractivity contribution is 0.102. The Hall–Kier alpha value is -2.24. The van der Waals surface area contributed by atoms with E-state index in [4.69, 9.17) is 4.74 Å². The third kappa shape index (κ3) is 4.90. The second-order valence-electron chi connectivity index (χ2n) is 5.59. The Morgan fingerprint density at radius 3 is 2.46 bits per heavy atom. The molecule has 0 aromatic heterocycles. The normalized spacial score (nSPS) is 10.4. The molecule has 1 N–H and O–H groups in total. The van der Waals surface area contributed by atoms with Gasteiger partial charge in [0, 0.05) is 31.9 Å². The number of thioether (sulfide) groups is 1. The monoisotopic (exact) mass is 427 g/mol. The molecule has 5 heteroatoms. The second-order valence-corrected chi connectivity index (χ2v) is 7.55. The summed E-state index contributed by atoms with van der Waals surface area (Å²) in [5, 5.41) is 2.92. The van der Waals surface area contributed by atoms with Gasteiger partial charge in [-0.15, -0.1) is 11.8 Å². The first kappa shape index (κ1) is 18.5. The summed E-state index contributed by atoms with van der Waals surface area (Å²) in [6.07, 6.45) is 0. The molecule has 26 heavy (non-hydrogen) atoms. The Balaban J connectivity index is 1.75. The van der Waals surface area contributed by atoms with E-state index in [1.807, 2.05) is 54.6 Å². The van der Waals surface area contributed by atoms with E-state index >= 15 is 0 Å². The van der Waals surface area contributed by atoms with Crippen molar-refractivity contribution < 1.29 is 9.53 Å². The molecule has 3 rings (SSSR count). The number of amides is 1. The molecule has 0 spiro atoms. The van der Waals surface area contributed by atoms with Crippen LogP contribution in [0, 0.1) is 0 Å². The molecule has 0 aliphatic carbocycles. The van der Waals surface area contributed by atoms with Crippen LogP contribution in [0.3, 0.4) is 0 Å². The molecule has 132 valence electrons. The van der Waals surface area contributed by atoms with Crippen LogP contribution in [-0.2, 0) is 5.75 Å². The number of anilines is 1. The SMILES string of the molecule is COc1ccc(C(=O)Nc2ccc(Br)cc2)cc1CSc1ccccc1. The molecular weight excluding hydrogens is 410 g/mol. The lowest BCUT2D eigenvalue weighted by atomic mass is 10.1. The minimum Gasteiger partial charge on any atom is -0.496 e. The number of rotatable bonds is 6. The minimum atomic E-state index is -0.138. The van der Waals surface area contributed by atoms with Crippen LogP contribution in [0.5, 0.6) is 5.75 Å². The highest BCUT2D eigenvalue weighted by Crippen LogP contribution is 2.29. The Kier molecular flexibility index (Phi) is 6.36. The van der Waals surface area contributed by atoms with Crippen molar-refractivity contribution in [2.45, 2.75) is 10.6 Å². The van der Waals surface area contributed by atoms with E-state index in [1.54, 1.807) is 24.9 Å². The summed E-state index contributed by atoms with van der Waals surface area (Å²) in [6.45, 7) is 0. The van der Waals surface area contributed by atoms with Gasteiger partial charge in [-0.3, -0.25) is 4.79 Å². The highest BCUT2D eigenvalue weighted by molar-refractivity contribution is 9.10. The van der Waals surface area contributed by atoms with Crippen LogP contribution >= 0.6 is 27.7 Å². The first-order valence-electron chi connectivity index (χ1n) is 8.07. The zero-order valence-electron chi connectivity index (χ0n) is 14.2. The van der Waals surface area contributed by atoms with Crippen molar-refractivity contribution in [2.24, 2.45) is 0 Å². The van der Waals surface area contributed by atoms with Gasteiger partial charge in [0.05, 0.1) is 7.11 Å². The molecule has 1 amide bonds. The van der Waals surface area contributed by atoms with Gasteiger partial charge in [0.2, 0.25) is 0 Å². The molecule has 3 nitrogen and oxygen atoms in total. The van der Waals surface area contributed by atoms with E-state index in [2.05, 4.69) is 33.4 Å². The molecule has 3 aromatic rings. The fourth-order valence-corrected chi connectivity index (χ4v) is 3.61. The molecule has 0 unspecified atom stereocenters. The highest BCUT2D eigenvalue weighted by Gasteiger charge is 2.11. The van der Waals surface area contributed by atoms with Gasteiger partial charge in [-0.25, -0.2) is 0 Å². The van der Waals surface area contributed by atoms with Gasteiger partial charge in [0.1, 0.15) is 5.75 Å². The van der Waals surface area contributed by atoms with Crippen LogP contribution in [0.2, 0.25) is 0 Å². The predicted octanol–water partition coefficient (Wildman–Crippen LogP) is 6.00. The number of halogens is 1. The number of carbonyl (C=O) groups is 1. The quantitative estimate of drug-likeness (QED) is 0.490. The average molecular weight is 428 g/mol. The number of benzene rings is 3. The third-order valence-electron chi connectivity index (χ3n) is 3.78. The molecule has 0 radical (unpaired) electrons. The standard InChI is InChI=1S/C21H18BrNO2S/c1-25-20-12-7-15(21(24)23-18-10-8-17(22)9-11-18)13-16(20)14-26-19-5-3-2-4-6-19/h2-13H,14H2,1H3,(H,23,24). The molecule has 0 fully saturated rings. The van der Waals surface area contributed by atoms with Crippen molar-refractivity contribution >= 4 is 39.3 Å². The van der Waals surface area contributed by atoms with Crippen molar-refractivity contribution in [2.75, 3.05) is 12.4 Å². The zero-order chi connectivity index (χ0) is 18.4. The topological polar surface area (TPSA) is 38.3 Å². The lowest BCUT2D eigenvalue weighted by Crippen LogP contribution is -2.12. The number of ether oxygens (including phenoxy) is 1. The van der Waals surface area contributed by atoms with Gasteiger partial charge >= 0.3 is 0 Å². The van der Waals surface area contributed by atoms with Crippen LogP contribution < -0.4 is 10.1 Å². The van der Waals surface area contributed by atoms with Gasteiger partial charge in [-0.2, -0.15) is 0 Å². The number of nitrogens with one attached hydrogen (secondary N) is 1. The fourth-order valence-electron chi connectivity index (χ4n) is 2.45. The van der Waals surface area contributed by atoms with E-state index in [0.717, 1.165) is 27.2 Å². The van der Waals surface area contributed by atoms with Crippen molar-refractivity contribution in [3.05, 3.63) is 88.4 Å². The first-order valence-corrected chi connectivity index (χ1v) is 9.85. The number of carbonyl (C=O) groups excluding carboxylic acids is 1. The van der Waals surface area contributed by atoms with E-state index in [1.165, 1.54) is 4.90 Å². The van der Waals surface area contributed by atoms with E-state index in [-0.39, 0.29) is 5.91 Å². The molecule has 0 saturated heterocycles. The summed E-state index contributed by atoms with van der Waals surface area (Å²) >= 11 is 5.10. The van der Waals surface area contributed by atoms with Gasteiger partial charge in [0.15, 0.2) is 0 Å². The number of hydrogen-bond acceptors (Lipinski definition) is 3. The molecule has 3 aromatic carbocycles. The molecule has 0 aliphatic rings. The summed E-state index contributed by atoms with van der Waals surface area (Å²) in [5.74, 6) is 1.38. The summed E-state index contributed by atoms with van der Waals surface area (Å²) < 4.78 is 6.42. The van der Waals surface area contributed by atoms with Crippen LogP contribution in [0.4, 0.5) is 5.69 Å². The van der Waals surface area contributed by atoms with Crippen LogP contribution in [0.25, 0.3) is 0 Å². The Bertz CT molecular complexity index is 882. The summed E-state index contributed by atoms with van der Waals surface area (Å²) in [7, 11) is 1.65.